The molecule has 2 heterocycles. The third-order valence-corrected chi connectivity index (χ3v) is 1.43. The molecule has 0 radical (unpaired) electrons. The van der Waals surface area contributed by atoms with Crippen molar-refractivity contribution in [1.29, 1.82) is 0 Å². The van der Waals surface area contributed by atoms with Crippen LogP contribution in [-0.4, -0.2) is 16.5 Å². The van der Waals surface area contributed by atoms with Gasteiger partial charge < -0.3 is 5.32 Å². The average Bonchev–Trinajstić information content (AvgIpc) is 2.33. The van der Waals surface area contributed by atoms with Gasteiger partial charge >= 0.3 is 0 Å². The topological polar surface area (TPSA) is 37.8 Å². The van der Waals surface area contributed by atoms with Crippen LogP contribution in [0.1, 0.15) is 5.69 Å². The van der Waals surface area contributed by atoms with Gasteiger partial charge in [-0.3, -0.25) is 4.98 Å². The Labute approximate surface area is 65.3 Å². The molecule has 0 saturated heterocycles. The Morgan fingerprint density at radius 1 is 1.30 bits per heavy atom. The van der Waals surface area contributed by atoms with E-state index in [1.807, 2.05) is 0 Å². The summed E-state index contributed by atoms with van der Waals surface area (Å²) < 4.78 is 0. The highest BCUT2D eigenvalue weighted by Crippen LogP contribution is 2.13. The van der Waals surface area contributed by atoms with Gasteiger partial charge in [0.05, 0.1) is 5.69 Å². The van der Waals surface area contributed by atoms with E-state index in [0.29, 0.717) is 0 Å². The molecule has 1 aliphatic rings. The first-order valence-corrected chi connectivity index (χ1v) is 3.00. The summed E-state index contributed by atoms with van der Waals surface area (Å²) in [5.41, 5.74) is 1.09. The van der Waals surface area contributed by atoms with Crippen molar-refractivity contribution in [2.75, 3.05) is 11.9 Å². The lowest BCUT2D eigenvalue weighted by molar-refractivity contribution is 1.04. The van der Waals surface area contributed by atoms with Crippen LogP contribution in [0.2, 0.25) is 0 Å². The molecule has 0 fully saturated rings. The zero-order valence-corrected chi connectivity index (χ0v) is 6.19. The maximum atomic E-state index is 4.13. The first kappa shape index (κ1) is 7.28. The Hall–Kier alpha value is -0.830. The third-order valence-electron chi connectivity index (χ3n) is 1.43. The van der Waals surface area contributed by atoms with Crippen LogP contribution in [0.5, 0.6) is 0 Å². The van der Waals surface area contributed by atoms with Gasteiger partial charge in [0.15, 0.2) is 0 Å². The van der Waals surface area contributed by atoms with E-state index in [9.17, 15) is 0 Å². The Balaban J connectivity index is 0.000000500. The van der Waals surface area contributed by atoms with Crippen molar-refractivity contribution in [3.05, 3.63) is 18.1 Å². The normalized spacial score (nSPS) is 13.2. The van der Waals surface area contributed by atoms with Gasteiger partial charge in [-0.05, 0) is 0 Å². The van der Waals surface area contributed by atoms with Crippen molar-refractivity contribution in [2.45, 2.75) is 6.42 Å². The molecule has 54 valence electrons. The molecular formula is C6H8ClN3. The van der Waals surface area contributed by atoms with Crippen LogP contribution in [0.4, 0.5) is 5.82 Å². The number of fused-ring (bicyclic) bond motifs is 1. The van der Waals surface area contributed by atoms with Crippen LogP contribution in [0.25, 0.3) is 0 Å². The Morgan fingerprint density at radius 3 is 2.90 bits per heavy atom. The van der Waals surface area contributed by atoms with E-state index >= 15 is 0 Å². The molecular weight excluding hydrogens is 150 g/mol. The van der Waals surface area contributed by atoms with Gasteiger partial charge in [0.2, 0.25) is 0 Å². The van der Waals surface area contributed by atoms with Gasteiger partial charge in [-0.2, -0.15) is 0 Å². The van der Waals surface area contributed by atoms with E-state index in [-0.39, 0.29) is 12.4 Å². The summed E-state index contributed by atoms with van der Waals surface area (Å²) >= 11 is 0. The number of rotatable bonds is 0. The quantitative estimate of drug-likeness (QED) is 0.607. The number of halogens is 1. The van der Waals surface area contributed by atoms with Crippen molar-refractivity contribution < 1.29 is 0 Å². The Bertz CT molecular complexity index is 203. The smallest absolute Gasteiger partial charge is 0.147 e. The zero-order valence-electron chi connectivity index (χ0n) is 5.37. The fraction of sp³-hybridized carbons (Fsp3) is 0.333. The monoisotopic (exact) mass is 157 g/mol. The molecule has 1 aromatic rings. The average molecular weight is 158 g/mol. The number of nitrogens with zero attached hydrogens (tertiary/aromatic N) is 2. The van der Waals surface area contributed by atoms with E-state index in [1.54, 1.807) is 12.4 Å². The van der Waals surface area contributed by atoms with Crippen LogP contribution in [-0.2, 0) is 6.42 Å². The van der Waals surface area contributed by atoms with Crippen molar-refractivity contribution >= 4 is 18.2 Å². The lowest BCUT2D eigenvalue weighted by Gasteiger charge is -1.92. The van der Waals surface area contributed by atoms with Gasteiger partial charge in [0.25, 0.3) is 0 Å². The molecule has 0 spiro atoms. The first-order valence-electron chi connectivity index (χ1n) is 3.00. The molecule has 0 atom stereocenters. The minimum Gasteiger partial charge on any atom is -0.368 e. The summed E-state index contributed by atoms with van der Waals surface area (Å²) in [6.07, 6.45) is 4.45. The van der Waals surface area contributed by atoms with E-state index < -0.39 is 0 Å². The zero-order chi connectivity index (χ0) is 6.10. The standard InChI is InChI=1S/C6H7N3.ClH/c1-2-8-6-5(1)7-3-4-9-6;/h3-4H,1-2H2,(H,8,9);1H. The summed E-state index contributed by atoms with van der Waals surface area (Å²) in [5.74, 6) is 0.956. The lowest BCUT2D eigenvalue weighted by atomic mass is 10.4. The van der Waals surface area contributed by atoms with Gasteiger partial charge in [-0.25, -0.2) is 4.98 Å². The molecule has 4 heteroatoms. The van der Waals surface area contributed by atoms with Gasteiger partial charge in [-0.1, -0.05) is 0 Å². The number of anilines is 1. The first-order chi connectivity index (χ1) is 4.47. The van der Waals surface area contributed by atoms with Crippen LogP contribution < -0.4 is 5.32 Å². The third kappa shape index (κ3) is 1.04. The van der Waals surface area contributed by atoms with E-state index in [4.69, 9.17) is 0 Å². The minimum absolute atomic E-state index is 0. The molecule has 0 bridgehead atoms. The van der Waals surface area contributed by atoms with E-state index in [1.165, 1.54) is 0 Å². The van der Waals surface area contributed by atoms with Crippen molar-refractivity contribution in [2.24, 2.45) is 0 Å². The summed E-state index contributed by atoms with van der Waals surface area (Å²) in [7, 11) is 0. The van der Waals surface area contributed by atoms with E-state index in [0.717, 1.165) is 24.5 Å². The van der Waals surface area contributed by atoms with Crippen molar-refractivity contribution in [1.82, 2.24) is 9.97 Å². The molecule has 2 rings (SSSR count). The minimum atomic E-state index is 0. The maximum absolute atomic E-state index is 4.13. The molecule has 1 N–H and O–H groups in total. The lowest BCUT2D eigenvalue weighted by Crippen LogP contribution is -1.92. The molecule has 0 aliphatic carbocycles. The highest BCUT2D eigenvalue weighted by atomic mass is 35.5. The highest BCUT2D eigenvalue weighted by molar-refractivity contribution is 5.85. The number of aromatic nitrogens is 2. The fourth-order valence-electron chi connectivity index (χ4n) is 0.997. The van der Waals surface area contributed by atoms with Crippen molar-refractivity contribution in [3.63, 3.8) is 0 Å². The fourth-order valence-corrected chi connectivity index (χ4v) is 0.997. The summed E-state index contributed by atoms with van der Waals surface area (Å²) in [5, 5.41) is 3.13. The number of hydrogen-bond acceptors (Lipinski definition) is 3. The Kier molecular flexibility index (Phi) is 2.06. The molecule has 0 unspecified atom stereocenters. The second kappa shape index (κ2) is 2.84. The molecule has 0 amide bonds. The van der Waals surface area contributed by atoms with Gasteiger partial charge in [0, 0.05) is 25.4 Å². The van der Waals surface area contributed by atoms with Crippen LogP contribution in [0, 0.1) is 0 Å². The molecule has 1 aromatic heterocycles. The summed E-state index contributed by atoms with van der Waals surface area (Å²) in [6.45, 7) is 0.985. The molecule has 10 heavy (non-hydrogen) atoms. The van der Waals surface area contributed by atoms with Crippen LogP contribution >= 0.6 is 12.4 Å². The second-order valence-corrected chi connectivity index (χ2v) is 2.03. The summed E-state index contributed by atoms with van der Waals surface area (Å²) in [6, 6.07) is 0. The molecule has 1 aliphatic heterocycles. The molecule has 0 saturated carbocycles. The second-order valence-electron chi connectivity index (χ2n) is 2.03. The highest BCUT2D eigenvalue weighted by Gasteiger charge is 2.09. The Morgan fingerprint density at radius 2 is 2.10 bits per heavy atom. The van der Waals surface area contributed by atoms with Crippen LogP contribution in [0.15, 0.2) is 12.4 Å². The molecule has 0 aromatic carbocycles. The van der Waals surface area contributed by atoms with E-state index in [2.05, 4.69) is 15.3 Å². The number of nitrogens with one attached hydrogen (secondary N) is 1. The van der Waals surface area contributed by atoms with Crippen LogP contribution in [0.3, 0.4) is 0 Å². The predicted octanol–water partition coefficient (Wildman–Crippen LogP) is 0.866. The number of hydrogen-bond donors (Lipinski definition) is 1. The summed E-state index contributed by atoms with van der Waals surface area (Å²) in [4.78, 5) is 8.22. The predicted molar refractivity (Wildman–Crippen MR) is 41.5 cm³/mol. The van der Waals surface area contributed by atoms with Gasteiger partial charge in [-0.15, -0.1) is 12.4 Å². The van der Waals surface area contributed by atoms with Gasteiger partial charge in [0.1, 0.15) is 5.82 Å². The molecule has 3 nitrogen and oxygen atoms in total. The van der Waals surface area contributed by atoms with Crippen molar-refractivity contribution in [3.8, 4) is 0 Å². The largest absolute Gasteiger partial charge is 0.368 e. The SMILES string of the molecule is Cl.c1cnc2c(n1)CCN2. The maximum Gasteiger partial charge on any atom is 0.147 e.